The van der Waals surface area contributed by atoms with Crippen molar-refractivity contribution in [3.63, 3.8) is 0 Å². The number of hydrogen-bond donors (Lipinski definition) is 2. The van der Waals surface area contributed by atoms with Crippen LogP contribution in [0.3, 0.4) is 0 Å². The van der Waals surface area contributed by atoms with E-state index in [0.717, 1.165) is 42.8 Å². The Balaban J connectivity index is 1.87. The third kappa shape index (κ3) is 4.61. The molecule has 0 radical (unpaired) electrons. The zero-order valence-electron chi connectivity index (χ0n) is 15.8. The third-order valence-electron chi connectivity index (χ3n) is 5.77. The molecule has 3 N–H and O–H groups in total. The predicted molar refractivity (Wildman–Crippen MR) is 111 cm³/mol. The Bertz CT molecular complexity index is 639. The molecule has 140 valence electrons. The minimum Gasteiger partial charge on any atom is -0.380 e. The molecule has 0 heterocycles. The molecule has 0 amide bonds. The van der Waals surface area contributed by atoms with Gasteiger partial charge in [-0.25, -0.2) is 0 Å². The Morgan fingerprint density at radius 2 is 1.62 bits per heavy atom. The molecule has 26 heavy (non-hydrogen) atoms. The smallest absolute Gasteiger partial charge is 0.112 e. The van der Waals surface area contributed by atoms with Crippen LogP contribution in [0.25, 0.3) is 0 Å². The van der Waals surface area contributed by atoms with Crippen LogP contribution in [0.1, 0.15) is 57.8 Å². The minimum atomic E-state index is 0.352. The molecule has 0 bridgehead atoms. The molecule has 0 aromatic carbocycles. The van der Waals surface area contributed by atoms with Crippen molar-refractivity contribution in [2.45, 2.75) is 69.9 Å². The van der Waals surface area contributed by atoms with E-state index in [1.807, 2.05) is 0 Å². The van der Waals surface area contributed by atoms with Crippen LogP contribution in [-0.4, -0.2) is 23.5 Å². The molecule has 0 aromatic rings. The van der Waals surface area contributed by atoms with Crippen molar-refractivity contribution in [3.8, 4) is 0 Å². The SMILES string of the molecule is C=C/N=C1/C=C(C2CCCCC2)C=C(N[C@H]2CC[C@@H](N)CC2)/C1=N/C=C. The average molecular weight is 353 g/mol. The summed E-state index contributed by atoms with van der Waals surface area (Å²) >= 11 is 0. The van der Waals surface area contributed by atoms with E-state index in [0.29, 0.717) is 18.0 Å². The second-order valence-electron chi connectivity index (χ2n) is 7.65. The summed E-state index contributed by atoms with van der Waals surface area (Å²) in [5.41, 5.74) is 10.3. The number of nitrogens with one attached hydrogen (secondary N) is 1. The van der Waals surface area contributed by atoms with Crippen LogP contribution in [0.15, 0.2) is 59.0 Å². The minimum absolute atomic E-state index is 0.352. The maximum absolute atomic E-state index is 6.07. The van der Waals surface area contributed by atoms with Gasteiger partial charge in [0, 0.05) is 24.5 Å². The van der Waals surface area contributed by atoms with Gasteiger partial charge >= 0.3 is 0 Å². The Morgan fingerprint density at radius 3 is 2.27 bits per heavy atom. The topological polar surface area (TPSA) is 62.8 Å². The lowest BCUT2D eigenvalue weighted by Crippen LogP contribution is -2.40. The lowest BCUT2D eigenvalue weighted by atomic mass is 9.80. The van der Waals surface area contributed by atoms with E-state index in [9.17, 15) is 0 Å². The van der Waals surface area contributed by atoms with E-state index >= 15 is 0 Å². The van der Waals surface area contributed by atoms with Crippen LogP contribution in [0, 0.1) is 5.92 Å². The fourth-order valence-electron chi connectivity index (χ4n) is 4.33. The maximum Gasteiger partial charge on any atom is 0.112 e. The summed E-state index contributed by atoms with van der Waals surface area (Å²) in [4.78, 5) is 9.04. The summed E-state index contributed by atoms with van der Waals surface area (Å²) < 4.78 is 0. The second kappa shape index (κ2) is 9.13. The highest BCUT2D eigenvalue weighted by atomic mass is 15.0. The molecular formula is C22H32N4. The van der Waals surface area contributed by atoms with Crippen molar-refractivity contribution in [3.05, 3.63) is 49.0 Å². The monoisotopic (exact) mass is 352 g/mol. The third-order valence-corrected chi connectivity index (χ3v) is 5.77. The van der Waals surface area contributed by atoms with E-state index in [1.165, 1.54) is 37.7 Å². The van der Waals surface area contributed by atoms with Crippen molar-refractivity contribution in [1.29, 1.82) is 0 Å². The molecule has 3 rings (SSSR count). The molecule has 0 aliphatic heterocycles. The van der Waals surface area contributed by atoms with Crippen LogP contribution in [0.2, 0.25) is 0 Å². The van der Waals surface area contributed by atoms with Crippen molar-refractivity contribution in [2.24, 2.45) is 21.6 Å². The highest BCUT2D eigenvalue weighted by molar-refractivity contribution is 6.53. The van der Waals surface area contributed by atoms with E-state index in [4.69, 9.17) is 5.73 Å². The highest BCUT2D eigenvalue weighted by Gasteiger charge is 2.26. The van der Waals surface area contributed by atoms with Crippen molar-refractivity contribution in [1.82, 2.24) is 5.32 Å². The molecule has 4 nitrogen and oxygen atoms in total. The van der Waals surface area contributed by atoms with Crippen molar-refractivity contribution >= 4 is 11.4 Å². The van der Waals surface area contributed by atoms with Crippen LogP contribution in [0.5, 0.6) is 0 Å². The van der Waals surface area contributed by atoms with E-state index < -0.39 is 0 Å². The number of rotatable bonds is 5. The first-order valence-corrected chi connectivity index (χ1v) is 10.0. The lowest BCUT2D eigenvalue weighted by molar-refractivity contribution is 0.363. The summed E-state index contributed by atoms with van der Waals surface area (Å²) in [5.74, 6) is 0.626. The predicted octanol–water partition coefficient (Wildman–Crippen LogP) is 4.42. The first kappa shape index (κ1) is 18.8. The first-order valence-electron chi connectivity index (χ1n) is 10.0. The molecule has 0 unspecified atom stereocenters. The fraction of sp³-hybridized carbons (Fsp3) is 0.545. The van der Waals surface area contributed by atoms with Gasteiger partial charge in [0.25, 0.3) is 0 Å². The Morgan fingerprint density at radius 1 is 0.923 bits per heavy atom. The average Bonchev–Trinajstić information content (AvgIpc) is 2.67. The van der Waals surface area contributed by atoms with Gasteiger partial charge in [-0.1, -0.05) is 32.4 Å². The van der Waals surface area contributed by atoms with E-state index in [1.54, 1.807) is 12.4 Å². The summed E-state index contributed by atoms with van der Waals surface area (Å²) in [7, 11) is 0. The molecule has 3 aliphatic carbocycles. The molecule has 0 spiro atoms. The van der Waals surface area contributed by atoms with Crippen LogP contribution < -0.4 is 11.1 Å². The highest BCUT2D eigenvalue weighted by Crippen LogP contribution is 2.33. The molecule has 2 fully saturated rings. The quantitative estimate of drug-likeness (QED) is 0.720. The zero-order valence-corrected chi connectivity index (χ0v) is 15.8. The summed E-state index contributed by atoms with van der Waals surface area (Å²) in [6.45, 7) is 7.57. The Hall–Kier alpha value is -1.94. The number of aliphatic imine (C=N–C) groups is 2. The van der Waals surface area contributed by atoms with Gasteiger partial charge < -0.3 is 11.1 Å². The molecule has 4 heteroatoms. The van der Waals surface area contributed by atoms with Gasteiger partial charge in [-0.05, 0) is 62.2 Å². The molecule has 3 aliphatic rings. The van der Waals surface area contributed by atoms with E-state index in [2.05, 4.69) is 40.6 Å². The number of allylic oxidation sites excluding steroid dienone is 4. The number of nitrogens with two attached hydrogens (primary N) is 1. The van der Waals surface area contributed by atoms with E-state index in [-0.39, 0.29) is 0 Å². The van der Waals surface area contributed by atoms with Gasteiger partial charge in [0.1, 0.15) is 5.71 Å². The van der Waals surface area contributed by atoms with Gasteiger partial charge in [-0.2, -0.15) is 0 Å². The molecule has 2 saturated carbocycles. The van der Waals surface area contributed by atoms with Gasteiger partial charge in [0.05, 0.1) is 11.4 Å². The number of hydrogen-bond acceptors (Lipinski definition) is 4. The van der Waals surface area contributed by atoms with Gasteiger partial charge in [-0.15, -0.1) is 0 Å². The standard InChI is InChI=1S/C22H32N4/c1-3-24-20-14-17(16-8-6-5-7-9-16)15-21(22(20)25-4-2)26-19-12-10-18(23)11-13-19/h3-4,14-16,18-19,26H,1-2,5-13,23H2/b24-20-,25-22+/t18-,19+. The fourth-order valence-corrected chi connectivity index (χ4v) is 4.33. The van der Waals surface area contributed by atoms with Crippen LogP contribution >= 0.6 is 0 Å². The Kier molecular flexibility index (Phi) is 6.62. The van der Waals surface area contributed by atoms with Crippen LogP contribution in [-0.2, 0) is 0 Å². The van der Waals surface area contributed by atoms with Crippen molar-refractivity contribution < 1.29 is 0 Å². The summed E-state index contributed by atoms with van der Waals surface area (Å²) in [5, 5.41) is 3.74. The summed E-state index contributed by atoms with van der Waals surface area (Å²) in [6, 6.07) is 0.803. The normalized spacial score (nSPS) is 30.7. The molecule has 0 atom stereocenters. The second-order valence-corrected chi connectivity index (χ2v) is 7.65. The largest absolute Gasteiger partial charge is 0.380 e. The summed E-state index contributed by atoms with van der Waals surface area (Å²) in [6.07, 6.45) is 18.6. The molecule has 0 aromatic heterocycles. The van der Waals surface area contributed by atoms with Gasteiger partial charge in [0.2, 0.25) is 0 Å². The van der Waals surface area contributed by atoms with Gasteiger partial charge in [-0.3, -0.25) is 9.98 Å². The van der Waals surface area contributed by atoms with Crippen LogP contribution in [0.4, 0.5) is 0 Å². The Labute approximate surface area is 157 Å². The first-order chi connectivity index (χ1) is 12.7. The molecule has 0 saturated heterocycles. The lowest BCUT2D eigenvalue weighted by Gasteiger charge is -2.31. The zero-order chi connectivity index (χ0) is 18.4. The molecular weight excluding hydrogens is 320 g/mol. The van der Waals surface area contributed by atoms with Crippen molar-refractivity contribution in [2.75, 3.05) is 0 Å². The maximum atomic E-state index is 6.07. The van der Waals surface area contributed by atoms with Gasteiger partial charge in [0.15, 0.2) is 0 Å². The number of nitrogens with zero attached hydrogens (tertiary/aromatic N) is 2.